The van der Waals surface area contributed by atoms with Gasteiger partial charge in [0, 0.05) is 19.0 Å². The second kappa shape index (κ2) is 2.36. The average Bonchev–Trinajstić information content (AvgIpc) is 1.51. The number of hydrogen-bond donors (Lipinski definition) is 0. The molecule has 1 radical (unpaired) electrons. The first-order valence-corrected chi connectivity index (χ1v) is 3.56. The number of alkyl halides is 1. The molecule has 1 aliphatic rings. The fraction of sp³-hybridized carbons (Fsp3) is 0.857. The fourth-order valence-corrected chi connectivity index (χ4v) is 1.06. The van der Waals surface area contributed by atoms with E-state index in [9.17, 15) is 14.3 Å². The van der Waals surface area contributed by atoms with Gasteiger partial charge in [-0.1, -0.05) is 0 Å². The summed E-state index contributed by atoms with van der Waals surface area (Å²) in [6, 6.07) is 0. The largest absolute Gasteiger partial charge is 0.453 e. The molecule has 0 aromatic carbocycles. The minimum Gasteiger partial charge on any atom is -0.304 e. The van der Waals surface area contributed by atoms with Gasteiger partial charge in [-0.2, -0.15) is 0 Å². The molecule has 63 valence electrons. The molecular weight excluding hydrogens is 149 g/mol. The van der Waals surface area contributed by atoms with Crippen molar-refractivity contribution in [3.63, 3.8) is 0 Å². The van der Waals surface area contributed by atoms with Gasteiger partial charge < -0.3 is 4.90 Å². The summed E-state index contributed by atoms with van der Waals surface area (Å²) in [6.45, 7) is 3.46. The highest BCUT2D eigenvalue weighted by atomic mass is 19.1. The number of halogens is 1. The first-order chi connectivity index (χ1) is 4.91. The van der Waals surface area contributed by atoms with Gasteiger partial charge in [0.1, 0.15) is 5.67 Å². The van der Waals surface area contributed by atoms with Crippen LogP contribution in [0.1, 0.15) is 13.8 Å². The van der Waals surface area contributed by atoms with Crippen molar-refractivity contribution in [1.29, 1.82) is 0 Å². The third-order valence-electron chi connectivity index (χ3n) is 2.11. The monoisotopic (exact) mass is 160 g/mol. The van der Waals surface area contributed by atoms with Gasteiger partial charge in [0.15, 0.2) is 0 Å². The number of carbonyl (C=O) groups is 1. The zero-order valence-corrected chi connectivity index (χ0v) is 6.63. The van der Waals surface area contributed by atoms with E-state index in [-0.39, 0.29) is 19.0 Å². The van der Waals surface area contributed by atoms with Gasteiger partial charge in [-0.3, -0.25) is 0 Å². The minimum absolute atomic E-state index is 0.166. The normalized spacial score (nSPS) is 19.7. The highest BCUT2D eigenvalue weighted by Gasteiger charge is 2.41. The summed E-state index contributed by atoms with van der Waals surface area (Å²) < 4.78 is 13.0. The van der Waals surface area contributed by atoms with Crippen LogP contribution in [0.3, 0.4) is 0 Å². The van der Waals surface area contributed by atoms with E-state index in [4.69, 9.17) is 0 Å². The van der Waals surface area contributed by atoms with Crippen molar-refractivity contribution < 1.29 is 14.3 Å². The Morgan fingerprint density at radius 1 is 1.55 bits per heavy atom. The van der Waals surface area contributed by atoms with Crippen molar-refractivity contribution in [3.8, 4) is 0 Å². The van der Waals surface area contributed by atoms with Crippen molar-refractivity contribution in [2.75, 3.05) is 13.1 Å². The van der Waals surface area contributed by atoms with Gasteiger partial charge >= 0.3 is 6.09 Å². The van der Waals surface area contributed by atoms with E-state index < -0.39 is 11.8 Å². The molecule has 0 bridgehead atoms. The quantitative estimate of drug-likeness (QED) is 0.568. The topological polar surface area (TPSA) is 40.2 Å². The van der Waals surface area contributed by atoms with Gasteiger partial charge in [0.25, 0.3) is 0 Å². The van der Waals surface area contributed by atoms with E-state index in [1.165, 1.54) is 13.8 Å². The van der Waals surface area contributed by atoms with Crippen molar-refractivity contribution in [2.24, 2.45) is 5.92 Å². The molecule has 4 heteroatoms. The second-order valence-electron chi connectivity index (χ2n) is 3.43. The van der Waals surface area contributed by atoms with Crippen LogP contribution >= 0.6 is 0 Å². The van der Waals surface area contributed by atoms with Crippen molar-refractivity contribution in [3.05, 3.63) is 0 Å². The zero-order valence-electron chi connectivity index (χ0n) is 6.63. The van der Waals surface area contributed by atoms with E-state index in [0.29, 0.717) is 0 Å². The van der Waals surface area contributed by atoms with Crippen LogP contribution in [0.25, 0.3) is 0 Å². The number of amides is 1. The molecule has 1 heterocycles. The van der Waals surface area contributed by atoms with Crippen LogP contribution < -0.4 is 0 Å². The summed E-state index contributed by atoms with van der Waals surface area (Å²) in [7, 11) is 0. The van der Waals surface area contributed by atoms with Crippen LogP contribution in [-0.2, 0) is 5.11 Å². The summed E-state index contributed by atoms with van der Waals surface area (Å²) in [5.41, 5.74) is -1.27. The van der Waals surface area contributed by atoms with E-state index >= 15 is 0 Å². The molecule has 1 rings (SSSR count). The standard InChI is InChI=1S/C7H11FNO2/c1-7(2,8)5-3-9(4-5)6(10)11/h5H,3-4H2,1-2H3. The third-order valence-corrected chi connectivity index (χ3v) is 2.11. The Labute approximate surface area is 64.8 Å². The molecule has 0 aromatic heterocycles. The molecule has 0 saturated carbocycles. The third kappa shape index (κ3) is 1.61. The molecule has 0 aromatic rings. The Balaban J connectivity index is 2.35. The summed E-state index contributed by atoms with van der Waals surface area (Å²) >= 11 is 0. The summed E-state index contributed by atoms with van der Waals surface area (Å²) in [5, 5.41) is 10.1. The Morgan fingerprint density at radius 2 is 2.00 bits per heavy atom. The molecule has 0 aliphatic carbocycles. The molecule has 0 N–H and O–H groups in total. The van der Waals surface area contributed by atoms with Crippen molar-refractivity contribution in [1.82, 2.24) is 4.90 Å². The first kappa shape index (κ1) is 8.30. The van der Waals surface area contributed by atoms with Gasteiger partial charge in [-0.05, 0) is 13.8 Å². The fourth-order valence-electron chi connectivity index (χ4n) is 1.06. The van der Waals surface area contributed by atoms with E-state index in [1.54, 1.807) is 0 Å². The molecule has 0 unspecified atom stereocenters. The lowest BCUT2D eigenvalue weighted by Crippen LogP contribution is -2.55. The van der Waals surface area contributed by atoms with Crippen LogP contribution in [0, 0.1) is 5.92 Å². The van der Waals surface area contributed by atoms with Crippen LogP contribution in [0.15, 0.2) is 0 Å². The molecule has 0 spiro atoms. The van der Waals surface area contributed by atoms with Gasteiger partial charge in [0.05, 0.1) is 0 Å². The predicted octanol–water partition coefficient (Wildman–Crippen LogP) is 1.22. The number of carbonyl (C=O) groups excluding carboxylic acids is 1. The summed E-state index contributed by atoms with van der Waals surface area (Å²) in [4.78, 5) is 11.2. The lowest BCUT2D eigenvalue weighted by Gasteiger charge is -2.41. The molecule has 3 nitrogen and oxygen atoms in total. The maximum Gasteiger partial charge on any atom is 0.453 e. The maximum absolute atomic E-state index is 13.0. The molecule has 1 fully saturated rings. The van der Waals surface area contributed by atoms with Crippen LogP contribution in [0.2, 0.25) is 0 Å². The lowest BCUT2D eigenvalue weighted by atomic mass is 9.86. The second-order valence-corrected chi connectivity index (χ2v) is 3.43. The van der Waals surface area contributed by atoms with Crippen LogP contribution in [0.4, 0.5) is 9.18 Å². The minimum atomic E-state index is -1.27. The van der Waals surface area contributed by atoms with E-state index in [1.807, 2.05) is 0 Å². The zero-order chi connectivity index (χ0) is 8.65. The Kier molecular flexibility index (Phi) is 1.78. The summed E-state index contributed by atoms with van der Waals surface area (Å²) in [5.74, 6) is -0.166. The lowest BCUT2D eigenvalue weighted by molar-refractivity contribution is -0.00592. The number of nitrogens with zero attached hydrogens (tertiary/aromatic N) is 1. The predicted molar refractivity (Wildman–Crippen MR) is 36.3 cm³/mol. The van der Waals surface area contributed by atoms with Crippen LogP contribution in [-0.4, -0.2) is 29.8 Å². The van der Waals surface area contributed by atoms with Gasteiger partial charge in [-0.25, -0.2) is 14.3 Å². The maximum atomic E-state index is 13.0. The smallest absolute Gasteiger partial charge is 0.304 e. The Bertz CT molecular complexity index is 170. The van der Waals surface area contributed by atoms with Crippen molar-refractivity contribution in [2.45, 2.75) is 19.5 Å². The van der Waals surface area contributed by atoms with Crippen molar-refractivity contribution >= 4 is 6.09 Å². The average molecular weight is 160 g/mol. The molecule has 1 amide bonds. The number of likely N-dealkylation sites (tertiary alicyclic amines) is 1. The number of hydrogen-bond acceptors (Lipinski definition) is 1. The summed E-state index contributed by atoms with van der Waals surface area (Å²) in [6.07, 6.45) is -1.20. The first-order valence-electron chi connectivity index (χ1n) is 3.56. The molecule has 1 saturated heterocycles. The SMILES string of the molecule is CC(C)(F)C1CN(C([O])=O)C1. The Morgan fingerprint density at radius 3 is 2.27 bits per heavy atom. The highest BCUT2D eigenvalue weighted by Crippen LogP contribution is 2.29. The highest BCUT2D eigenvalue weighted by molar-refractivity contribution is 5.65. The number of rotatable bonds is 1. The van der Waals surface area contributed by atoms with Crippen LogP contribution in [0.5, 0.6) is 0 Å². The van der Waals surface area contributed by atoms with E-state index in [2.05, 4.69) is 0 Å². The van der Waals surface area contributed by atoms with E-state index in [0.717, 1.165) is 4.90 Å². The molecule has 0 atom stereocenters. The van der Waals surface area contributed by atoms with Gasteiger partial charge in [0.2, 0.25) is 0 Å². The van der Waals surface area contributed by atoms with Gasteiger partial charge in [-0.15, -0.1) is 0 Å². The molecule has 1 aliphatic heterocycles. The molecule has 11 heavy (non-hydrogen) atoms. The molecular formula is C7H11FNO2. The Hall–Kier alpha value is -0.800.